The number of hydrogen-bond acceptors (Lipinski definition) is 2. The number of nitrogens with zero attached hydrogens (tertiary/aromatic N) is 2. The molecule has 2 aromatic rings. The van der Waals surface area contributed by atoms with E-state index in [1.807, 2.05) is 16.7 Å². The van der Waals surface area contributed by atoms with E-state index in [1.165, 1.54) is 12.1 Å². The maximum Gasteiger partial charge on any atom is 0.250 e. The molecule has 1 aromatic heterocycles. The molecule has 4 nitrogen and oxygen atoms in total. The lowest BCUT2D eigenvalue weighted by molar-refractivity contribution is 0.180. The Labute approximate surface area is 144 Å². The van der Waals surface area contributed by atoms with Gasteiger partial charge in [-0.3, -0.25) is 4.79 Å². The molecule has 0 radical (unpaired) electrons. The first-order valence-electron chi connectivity index (χ1n) is 8.11. The highest BCUT2D eigenvalue weighted by Gasteiger charge is 2.35. The van der Waals surface area contributed by atoms with E-state index in [2.05, 4.69) is 10.2 Å². The number of nitrogens with one attached hydrogen (secondary N) is 1. The first-order valence-corrected chi connectivity index (χ1v) is 8.52. The summed E-state index contributed by atoms with van der Waals surface area (Å²) in [5, 5.41) is 3.84. The monoisotopic (exact) mass is 343 g/mol. The number of rotatable bonds is 1. The van der Waals surface area contributed by atoms with Crippen molar-refractivity contribution in [1.82, 2.24) is 9.47 Å². The third kappa shape index (κ3) is 2.82. The second-order valence-corrected chi connectivity index (χ2v) is 6.93. The van der Waals surface area contributed by atoms with Gasteiger partial charge in [0.2, 0.25) is 0 Å². The number of benzene rings is 1. The normalized spacial score (nSPS) is 22.0. The first-order chi connectivity index (χ1) is 11.6. The number of pyridine rings is 1. The van der Waals surface area contributed by atoms with Gasteiger partial charge in [-0.2, -0.15) is 0 Å². The van der Waals surface area contributed by atoms with Crippen molar-refractivity contribution in [1.29, 1.82) is 0 Å². The third-order valence-electron chi connectivity index (χ3n) is 4.86. The van der Waals surface area contributed by atoms with Crippen molar-refractivity contribution in [3.63, 3.8) is 0 Å². The van der Waals surface area contributed by atoms with Crippen molar-refractivity contribution in [2.75, 3.05) is 18.4 Å². The van der Waals surface area contributed by atoms with E-state index < -0.39 is 0 Å². The van der Waals surface area contributed by atoms with Gasteiger partial charge in [0.1, 0.15) is 5.82 Å². The van der Waals surface area contributed by atoms with Crippen LogP contribution < -0.4 is 10.9 Å². The van der Waals surface area contributed by atoms with E-state index >= 15 is 0 Å². The van der Waals surface area contributed by atoms with E-state index in [4.69, 9.17) is 12.2 Å². The quantitative estimate of drug-likeness (QED) is 0.808. The van der Waals surface area contributed by atoms with Crippen molar-refractivity contribution < 1.29 is 4.39 Å². The number of aromatic nitrogens is 1. The van der Waals surface area contributed by atoms with Gasteiger partial charge in [-0.25, -0.2) is 4.39 Å². The van der Waals surface area contributed by atoms with Crippen LogP contribution in [0.15, 0.2) is 47.3 Å². The van der Waals surface area contributed by atoms with Gasteiger partial charge < -0.3 is 14.8 Å². The van der Waals surface area contributed by atoms with Crippen LogP contribution in [0.5, 0.6) is 0 Å². The lowest BCUT2D eigenvalue weighted by Gasteiger charge is -2.43. The maximum atomic E-state index is 13.0. The summed E-state index contributed by atoms with van der Waals surface area (Å²) in [5.74, 6) is 0.477. The third-order valence-corrected chi connectivity index (χ3v) is 5.22. The van der Waals surface area contributed by atoms with E-state index in [9.17, 15) is 9.18 Å². The Kier molecular flexibility index (Phi) is 3.84. The van der Waals surface area contributed by atoms with Crippen LogP contribution in [0, 0.1) is 11.7 Å². The number of piperidine rings is 1. The summed E-state index contributed by atoms with van der Waals surface area (Å²) in [5.41, 5.74) is 1.98. The molecular formula is C18H18FN3OS. The zero-order valence-electron chi connectivity index (χ0n) is 13.1. The summed E-state index contributed by atoms with van der Waals surface area (Å²) in [6.07, 6.45) is 1.10. The van der Waals surface area contributed by atoms with Crippen LogP contribution >= 0.6 is 12.2 Å². The topological polar surface area (TPSA) is 37.3 Å². The van der Waals surface area contributed by atoms with E-state index in [1.54, 1.807) is 18.2 Å². The van der Waals surface area contributed by atoms with Gasteiger partial charge in [0.25, 0.3) is 5.56 Å². The van der Waals surface area contributed by atoms with Crippen LogP contribution in [-0.2, 0) is 6.54 Å². The smallest absolute Gasteiger partial charge is 0.250 e. The summed E-state index contributed by atoms with van der Waals surface area (Å²) in [4.78, 5) is 14.2. The number of halogens is 1. The van der Waals surface area contributed by atoms with Gasteiger partial charge in [-0.1, -0.05) is 6.07 Å². The zero-order chi connectivity index (χ0) is 16.7. The lowest BCUT2D eigenvalue weighted by Crippen LogP contribution is -2.50. The van der Waals surface area contributed by atoms with Crippen LogP contribution in [0.25, 0.3) is 0 Å². The molecule has 0 unspecified atom stereocenters. The Hall–Kier alpha value is -2.21. The Morgan fingerprint density at radius 3 is 2.71 bits per heavy atom. The average molecular weight is 343 g/mol. The largest absolute Gasteiger partial charge is 0.348 e. The number of likely N-dealkylation sites (tertiary alicyclic amines) is 1. The molecule has 3 heterocycles. The molecule has 0 amide bonds. The first kappa shape index (κ1) is 15.3. The number of hydrogen-bond donors (Lipinski definition) is 1. The highest BCUT2D eigenvalue weighted by Crippen LogP contribution is 2.35. The molecule has 2 bridgehead atoms. The highest BCUT2D eigenvalue weighted by molar-refractivity contribution is 7.80. The summed E-state index contributed by atoms with van der Waals surface area (Å²) >= 11 is 5.54. The molecule has 6 heteroatoms. The van der Waals surface area contributed by atoms with E-state index in [0.717, 1.165) is 37.4 Å². The van der Waals surface area contributed by atoms with Gasteiger partial charge in [0.15, 0.2) is 5.11 Å². The van der Waals surface area contributed by atoms with Gasteiger partial charge in [0.05, 0.1) is 0 Å². The minimum Gasteiger partial charge on any atom is -0.348 e. The standard InChI is InChI=1S/C18H18FN3OS/c19-14-4-6-15(7-5-14)20-18(24)21-9-12-8-13(11-21)16-2-1-3-17(23)22(16)10-12/h1-7,12-13H,8-11H2,(H,20,24)/t12-,13-/m0/s1. The van der Waals surface area contributed by atoms with Crippen LogP contribution in [0.1, 0.15) is 18.0 Å². The molecule has 2 aliphatic heterocycles. The van der Waals surface area contributed by atoms with Gasteiger partial charge in [-0.05, 0) is 54.9 Å². The molecular weight excluding hydrogens is 325 g/mol. The van der Waals surface area contributed by atoms with Crippen molar-refractivity contribution in [3.8, 4) is 0 Å². The lowest BCUT2D eigenvalue weighted by atomic mass is 9.83. The van der Waals surface area contributed by atoms with Crippen LogP contribution in [0.2, 0.25) is 0 Å². The predicted octanol–water partition coefficient (Wildman–Crippen LogP) is 2.80. The molecule has 2 aliphatic rings. The van der Waals surface area contributed by atoms with Crippen LogP contribution in [-0.4, -0.2) is 27.7 Å². The molecule has 2 atom stereocenters. The summed E-state index contributed by atoms with van der Waals surface area (Å²) in [7, 11) is 0. The molecule has 1 fully saturated rings. The van der Waals surface area contributed by atoms with Crippen molar-refractivity contribution in [3.05, 3.63) is 64.3 Å². The summed E-state index contributed by atoms with van der Waals surface area (Å²) in [6, 6.07) is 11.7. The van der Waals surface area contributed by atoms with Crippen LogP contribution in [0.4, 0.5) is 10.1 Å². The van der Waals surface area contributed by atoms with Gasteiger partial charge in [-0.15, -0.1) is 0 Å². The molecule has 1 saturated heterocycles. The molecule has 0 saturated carbocycles. The second kappa shape index (κ2) is 6.02. The fourth-order valence-corrected chi connectivity index (χ4v) is 4.06. The average Bonchev–Trinajstić information content (AvgIpc) is 2.58. The minimum absolute atomic E-state index is 0.0858. The van der Waals surface area contributed by atoms with Gasteiger partial charge in [0, 0.05) is 43.0 Å². The minimum atomic E-state index is -0.263. The molecule has 4 rings (SSSR count). The Bertz CT molecular complexity index is 833. The Balaban J connectivity index is 1.52. The predicted molar refractivity (Wildman–Crippen MR) is 95.7 cm³/mol. The molecule has 0 aliphatic carbocycles. The van der Waals surface area contributed by atoms with Crippen molar-refractivity contribution in [2.24, 2.45) is 5.92 Å². The number of anilines is 1. The summed E-state index contributed by atoms with van der Waals surface area (Å²) in [6.45, 7) is 2.39. The molecule has 1 N–H and O–H groups in total. The van der Waals surface area contributed by atoms with E-state index in [-0.39, 0.29) is 11.4 Å². The van der Waals surface area contributed by atoms with Crippen molar-refractivity contribution in [2.45, 2.75) is 18.9 Å². The number of thiocarbonyl (C=S) groups is 1. The Morgan fingerprint density at radius 1 is 1.12 bits per heavy atom. The number of fused-ring (bicyclic) bond motifs is 4. The fourth-order valence-electron chi connectivity index (χ4n) is 3.80. The Morgan fingerprint density at radius 2 is 1.92 bits per heavy atom. The fraction of sp³-hybridized carbons (Fsp3) is 0.333. The molecule has 24 heavy (non-hydrogen) atoms. The SMILES string of the molecule is O=c1cccc2n1C[C@H]1C[C@H]2CN(C(=S)Nc2ccc(F)cc2)C1. The van der Waals surface area contributed by atoms with E-state index in [0.29, 0.717) is 16.9 Å². The van der Waals surface area contributed by atoms with Crippen LogP contribution in [0.3, 0.4) is 0 Å². The zero-order valence-corrected chi connectivity index (χ0v) is 13.9. The van der Waals surface area contributed by atoms with Gasteiger partial charge >= 0.3 is 0 Å². The molecule has 0 spiro atoms. The highest BCUT2D eigenvalue weighted by atomic mass is 32.1. The van der Waals surface area contributed by atoms with Crippen molar-refractivity contribution >= 4 is 23.0 Å². The second-order valence-electron chi connectivity index (χ2n) is 6.54. The summed E-state index contributed by atoms with van der Waals surface area (Å²) < 4.78 is 14.9. The maximum absolute atomic E-state index is 13.0. The molecule has 1 aromatic carbocycles. The molecule has 124 valence electrons.